The Labute approximate surface area is 261 Å². The molecule has 0 unspecified atom stereocenters. The summed E-state index contributed by atoms with van der Waals surface area (Å²) in [4.78, 5) is 27.4. The van der Waals surface area contributed by atoms with Gasteiger partial charge in [-0.3, -0.25) is 4.79 Å². The molecule has 1 aliphatic rings. The fourth-order valence-electron chi connectivity index (χ4n) is 5.14. The Bertz CT molecular complexity index is 1580. The van der Waals surface area contributed by atoms with Gasteiger partial charge in [-0.15, -0.1) is 0 Å². The van der Waals surface area contributed by atoms with Crippen molar-refractivity contribution in [2.75, 3.05) is 40.4 Å². The van der Waals surface area contributed by atoms with E-state index in [2.05, 4.69) is 25.4 Å². The van der Waals surface area contributed by atoms with Crippen molar-refractivity contribution >= 4 is 17.5 Å². The molecule has 0 spiro atoms. The average Bonchev–Trinajstić information content (AvgIpc) is 3.43. The number of aliphatic imine (C=N–C) groups is 1. The minimum Gasteiger partial charge on any atom is -0.494 e. The van der Waals surface area contributed by atoms with Crippen molar-refractivity contribution in [2.45, 2.75) is 37.5 Å². The molecule has 0 aliphatic carbocycles. The summed E-state index contributed by atoms with van der Waals surface area (Å²) < 4.78 is 12.3. The summed E-state index contributed by atoms with van der Waals surface area (Å²) >= 11 is 0. The Hall–Kier alpha value is -5.06. The van der Waals surface area contributed by atoms with Crippen LogP contribution < -0.4 is 10.1 Å². The molecular weight excluding hydrogens is 574 g/mol. The fourth-order valence-corrected chi connectivity index (χ4v) is 5.14. The van der Waals surface area contributed by atoms with Crippen LogP contribution in [0.15, 0.2) is 88.0 Å². The molecule has 1 amide bonds. The van der Waals surface area contributed by atoms with Gasteiger partial charge in [-0.2, -0.15) is 0 Å². The minimum absolute atomic E-state index is 0.0344. The maximum atomic E-state index is 14.4. The van der Waals surface area contributed by atoms with Crippen LogP contribution in [0.3, 0.4) is 0 Å². The molecule has 2 N–H and O–H groups in total. The first-order valence-corrected chi connectivity index (χ1v) is 14.7. The molecule has 0 saturated carbocycles. The average molecular weight is 612 g/mol. The molecule has 1 aliphatic heterocycles. The highest BCUT2D eigenvalue weighted by molar-refractivity contribution is 6.01. The monoisotopic (exact) mass is 611 g/mol. The van der Waals surface area contributed by atoms with Gasteiger partial charge in [0.1, 0.15) is 5.75 Å². The molecule has 0 bridgehead atoms. The molecule has 3 aromatic carbocycles. The molecule has 13 heteroatoms. The standard InChI is InChI=1S/C32H37N9O4/c1-41(2)18-7-17-35-31(43)32(21-24-9-3-4-10-25(24)22-36-39-33)29(27-11-5-6-12-28(27)38-40-34)45-30(37-32)23-13-15-26(16-14-23)44-20-8-19-42/h3-6,9-16,29,42H,7-8,17-22H2,1-2H3,(H,35,43)/t29-,32-/m1/s1. The Morgan fingerprint density at radius 3 is 2.49 bits per heavy atom. The number of hydrogen-bond acceptors (Lipinski definition) is 8. The van der Waals surface area contributed by atoms with Gasteiger partial charge in [0.15, 0.2) is 11.6 Å². The molecular formula is C32H37N9O4. The van der Waals surface area contributed by atoms with Crippen molar-refractivity contribution in [1.82, 2.24) is 10.2 Å². The molecule has 0 fully saturated rings. The summed E-state index contributed by atoms with van der Waals surface area (Å²) in [6.07, 6.45) is 0.385. The summed E-state index contributed by atoms with van der Waals surface area (Å²) in [7, 11) is 3.94. The van der Waals surface area contributed by atoms with Crippen molar-refractivity contribution in [3.63, 3.8) is 0 Å². The lowest BCUT2D eigenvalue weighted by Crippen LogP contribution is -2.50. The first-order valence-electron chi connectivity index (χ1n) is 14.7. The van der Waals surface area contributed by atoms with Crippen molar-refractivity contribution in [3.8, 4) is 5.75 Å². The highest BCUT2D eigenvalue weighted by Crippen LogP contribution is 2.45. The number of hydrogen-bond donors (Lipinski definition) is 2. The molecule has 13 nitrogen and oxygen atoms in total. The van der Waals surface area contributed by atoms with Crippen LogP contribution in [0.1, 0.15) is 41.2 Å². The van der Waals surface area contributed by atoms with Crippen molar-refractivity contribution in [2.24, 2.45) is 15.2 Å². The third kappa shape index (κ3) is 8.31. The Kier molecular flexibility index (Phi) is 11.8. The Morgan fingerprint density at radius 1 is 1.04 bits per heavy atom. The Morgan fingerprint density at radius 2 is 1.78 bits per heavy atom. The van der Waals surface area contributed by atoms with Gasteiger partial charge in [0.2, 0.25) is 5.90 Å². The number of ether oxygens (including phenoxy) is 2. The van der Waals surface area contributed by atoms with E-state index in [9.17, 15) is 10.3 Å². The second kappa shape index (κ2) is 16.1. The second-order valence-corrected chi connectivity index (χ2v) is 10.8. The lowest BCUT2D eigenvalue weighted by molar-refractivity contribution is -0.128. The summed E-state index contributed by atoms with van der Waals surface area (Å²) in [6.45, 7) is 1.70. The van der Waals surface area contributed by atoms with Gasteiger partial charge >= 0.3 is 0 Å². The predicted octanol–water partition coefficient (Wildman–Crippen LogP) is 5.77. The maximum absolute atomic E-state index is 14.4. The highest BCUT2D eigenvalue weighted by Gasteiger charge is 2.54. The van der Waals surface area contributed by atoms with Gasteiger partial charge in [-0.05, 0) is 73.5 Å². The molecule has 234 valence electrons. The van der Waals surface area contributed by atoms with Gasteiger partial charge in [0.25, 0.3) is 5.91 Å². The predicted molar refractivity (Wildman–Crippen MR) is 171 cm³/mol. The smallest absolute Gasteiger partial charge is 0.252 e. The summed E-state index contributed by atoms with van der Waals surface area (Å²) in [6, 6.07) is 21.6. The number of azide groups is 2. The van der Waals surface area contributed by atoms with E-state index in [1.807, 2.05) is 43.3 Å². The molecule has 4 rings (SSSR count). The highest BCUT2D eigenvalue weighted by atomic mass is 16.5. The third-order valence-corrected chi connectivity index (χ3v) is 7.35. The van der Waals surface area contributed by atoms with Gasteiger partial charge in [-0.1, -0.05) is 58.8 Å². The Balaban J connectivity index is 1.84. The number of benzene rings is 3. The number of nitrogens with one attached hydrogen (secondary N) is 1. The lowest BCUT2D eigenvalue weighted by atomic mass is 9.80. The number of nitrogens with zero attached hydrogens (tertiary/aromatic N) is 8. The van der Waals surface area contributed by atoms with Crippen LogP contribution >= 0.6 is 0 Å². The van der Waals surface area contributed by atoms with Crippen LogP contribution in [-0.4, -0.2) is 67.7 Å². The quantitative estimate of drug-likeness (QED) is 0.0901. The molecule has 2 atom stereocenters. The van der Waals surface area contributed by atoms with Crippen molar-refractivity contribution < 1.29 is 19.4 Å². The minimum atomic E-state index is -1.52. The zero-order chi connectivity index (χ0) is 32.1. The van der Waals surface area contributed by atoms with Crippen molar-refractivity contribution in [1.29, 1.82) is 0 Å². The topological polar surface area (TPSA) is 181 Å². The van der Waals surface area contributed by atoms with E-state index in [4.69, 9.17) is 25.1 Å². The molecule has 0 saturated heterocycles. The van der Waals surface area contributed by atoms with Gasteiger partial charge in [0.05, 0.1) is 13.2 Å². The van der Waals surface area contributed by atoms with Crippen LogP contribution in [0.5, 0.6) is 5.75 Å². The zero-order valence-corrected chi connectivity index (χ0v) is 25.4. The van der Waals surface area contributed by atoms with Crippen molar-refractivity contribution in [3.05, 3.63) is 116 Å². The number of amides is 1. The maximum Gasteiger partial charge on any atom is 0.252 e. The van der Waals surface area contributed by atoms with Crippen LogP contribution in [0.4, 0.5) is 5.69 Å². The normalized spacial score (nSPS) is 17.1. The molecule has 3 aromatic rings. The first kappa shape index (κ1) is 32.8. The third-order valence-electron chi connectivity index (χ3n) is 7.35. The largest absolute Gasteiger partial charge is 0.494 e. The second-order valence-electron chi connectivity index (χ2n) is 10.8. The molecule has 1 heterocycles. The van der Waals surface area contributed by atoms with E-state index in [0.29, 0.717) is 42.1 Å². The van der Waals surface area contributed by atoms with Crippen LogP contribution in [-0.2, 0) is 22.5 Å². The summed E-state index contributed by atoms with van der Waals surface area (Å²) in [5.41, 5.74) is 19.8. The number of aliphatic hydroxyl groups is 1. The van der Waals surface area contributed by atoms with Gasteiger partial charge < -0.3 is 24.8 Å². The summed E-state index contributed by atoms with van der Waals surface area (Å²) in [5, 5.41) is 19.8. The molecule has 0 radical (unpaired) electrons. The summed E-state index contributed by atoms with van der Waals surface area (Å²) in [5.74, 6) is 0.515. The van der Waals surface area contributed by atoms with Gasteiger partial charge in [0, 0.05) is 52.6 Å². The lowest BCUT2D eigenvalue weighted by Gasteiger charge is -2.32. The van der Waals surface area contributed by atoms with Crippen LogP contribution in [0.2, 0.25) is 0 Å². The van der Waals surface area contributed by atoms with Gasteiger partial charge in [-0.25, -0.2) is 4.99 Å². The zero-order valence-electron chi connectivity index (χ0n) is 25.4. The van der Waals surface area contributed by atoms with Crippen LogP contribution in [0.25, 0.3) is 20.9 Å². The molecule has 45 heavy (non-hydrogen) atoms. The van der Waals surface area contributed by atoms with E-state index in [0.717, 1.165) is 24.1 Å². The number of rotatable bonds is 16. The van der Waals surface area contributed by atoms with E-state index < -0.39 is 11.6 Å². The number of aliphatic hydroxyl groups excluding tert-OH is 1. The van der Waals surface area contributed by atoms with E-state index >= 15 is 0 Å². The SMILES string of the molecule is CN(C)CCCNC(=O)[C@]1(Cc2ccccc2CN=[N+]=[N-])N=C(c2ccc(OCCCO)cc2)O[C@@H]1c1ccccc1N=[N+]=[N-]. The number of carbonyl (C=O) groups excluding carboxylic acids is 1. The fraction of sp³-hybridized carbons (Fsp3) is 0.375. The van der Waals surface area contributed by atoms with E-state index in [1.165, 1.54) is 0 Å². The molecule has 0 aromatic heterocycles. The van der Waals surface area contributed by atoms with E-state index in [1.54, 1.807) is 48.5 Å². The van der Waals surface area contributed by atoms with Crippen LogP contribution in [0, 0.1) is 0 Å². The first-order chi connectivity index (χ1) is 21.9. The number of carbonyl (C=O) groups is 1. The van der Waals surface area contributed by atoms with E-state index in [-0.39, 0.29) is 31.4 Å².